The number of aromatic nitrogens is 1. The highest BCUT2D eigenvalue weighted by atomic mass is 35.5. The molecule has 0 aromatic carbocycles. The normalized spacial score (nSPS) is 10.8. The number of nitrogens with zero attached hydrogens (tertiary/aromatic N) is 1. The van der Waals surface area contributed by atoms with Crippen molar-refractivity contribution in [2.45, 2.75) is 12.3 Å². The third kappa shape index (κ3) is 2.03. The number of pyridine rings is 1. The van der Waals surface area contributed by atoms with Crippen LogP contribution in [0, 0.1) is 5.82 Å². The lowest BCUT2D eigenvalue weighted by Gasteiger charge is -2.07. The Kier molecular flexibility index (Phi) is 2.98. The topological polar surface area (TPSA) is 38.9 Å². The quantitative estimate of drug-likeness (QED) is 0.762. The molecular weight excluding hydrogens is 205 g/mol. The molecule has 0 aliphatic heterocycles. The highest BCUT2D eigenvalue weighted by Gasteiger charge is 2.19. The Labute approximate surface area is 77.5 Å². The maximum absolute atomic E-state index is 12.9. The van der Waals surface area contributed by atoms with Gasteiger partial charge >= 0.3 is 0 Å². The van der Waals surface area contributed by atoms with Crippen molar-refractivity contribution < 1.29 is 13.2 Å². The molecular formula is C7H6ClF3N2. The van der Waals surface area contributed by atoms with Crippen molar-refractivity contribution in [3.63, 3.8) is 0 Å². The van der Waals surface area contributed by atoms with Crippen LogP contribution in [-0.2, 0) is 5.88 Å². The molecule has 0 radical (unpaired) electrons. The summed E-state index contributed by atoms with van der Waals surface area (Å²) in [5.41, 5.74) is 4.16. The number of alkyl halides is 3. The number of halogens is 4. The van der Waals surface area contributed by atoms with Crippen molar-refractivity contribution >= 4 is 17.4 Å². The maximum atomic E-state index is 12.9. The van der Waals surface area contributed by atoms with E-state index in [0.717, 1.165) is 6.07 Å². The molecule has 13 heavy (non-hydrogen) atoms. The molecule has 2 nitrogen and oxygen atoms in total. The lowest BCUT2D eigenvalue weighted by atomic mass is 10.2. The molecule has 1 rings (SSSR count). The molecule has 2 N–H and O–H groups in total. The summed E-state index contributed by atoms with van der Waals surface area (Å²) in [5, 5.41) is 0. The number of rotatable bonds is 2. The minimum Gasteiger partial charge on any atom is -0.384 e. The lowest BCUT2D eigenvalue weighted by Crippen LogP contribution is -2.03. The zero-order chi connectivity index (χ0) is 10.0. The van der Waals surface area contributed by atoms with Gasteiger partial charge in [-0.3, -0.25) is 0 Å². The Morgan fingerprint density at radius 1 is 1.54 bits per heavy atom. The van der Waals surface area contributed by atoms with E-state index in [9.17, 15) is 13.2 Å². The van der Waals surface area contributed by atoms with E-state index in [2.05, 4.69) is 4.98 Å². The van der Waals surface area contributed by atoms with Crippen LogP contribution in [0.3, 0.4) is 0 Å². The van der Waals surface area contributed by atoms with Gasteiger partial charge in [-0.15, -0.1) is 11.6 Å². The van der Waals surface area contributed by atoms with E-state index < -0.39 is 17.8 Å². The van der Waals surface area contributed by atoms with E-state index in [1.165, 1.54) is 0 Å². The predicted octanol–water partition coefficient (Wildman–Crippen LogP) is 2.48. The number of hydrogen-bond acceptors (Lipinski definition) is 2. The van der Waals surface area contributed by atoms with Crippen LogP contribution in [0.25, 0.3) is 0 Å². The highest BCUT2D eigenvalue weighted by molar-refractivity contribution is 6.17. The first kappa shape index (κ1) is 10.1. The molecule has 6 heteroatoms. The summed E-state index contributed by atoms with van der Waals surface area (Å²) in [6, 6.07) is 0.748. The lowest BCUT2D eigenvalue weighted by molar-refractivity contribution is 0.145. The summed E-state index contributed by atoms with van der Waals surface area (Å²) in [4.78, 5) is 3.50. The average Bonchev–Trinajstić information content (AvgIpc) is 2.01. The van der Waals surface area contributed by atoms with E-state index in [1.54, 1.807) is 0 Å². The monoisotopic (exact) mass is 210 g/mol. The standard InChI is InChI=1S/C7H6ClF3N2/c8-2-4-6(7(10)11)3(9)1-5(12)13-4/h1,7H,2H2,(H2,12,13). The Bertz CT molecular complexity index is 317. The van der Waals surface area contributed by atoms with Crippen molar-refractivity contribution in [1.29, 1.82) is 0 Å². The summed E-state index contributed by atoms with van der Waals surface area (Å²) in [7, 11) is 0. The molecule has 0 saturated carbocycles. The fraction of sp³-hybridized carbons (Fsp3) is 0.286. The fourth-order valence-corrected chi connectivity index (χ4v) is 1.13. The molecule has 0 unspecified atom stereocenters. The van der Waals surface area contributed by atoms with E-state index in [0.29, 0.717) is 0 Å². The van der Waals surface area contributed by atoms with Crippen LogP contribution in [0.1, 0.15) is 17.7 Å². The Morgan fingerprint density at radius 2 is 2.15 bits per heavy atom. The van der Waals surface area contributed by atoms with Gasteiger partial charge in [-0.25, -0.2) is 18.2 Å². The maximum Gasteiger partial charge on any atom is 0.268 e. The van der Waals surface area contributed by atoms with Gasteiger partial charge in [-0.05, 0) is 0 Å². The molecule has 0 fully saturated rings. The van der Waals surface area contributed by atoms with Crippen molar-refractivity contribution in [1.82, 2.24) is 4.98 Å². The number of nitrogen functional groups attached to an aromatic ring is 1. The zero-order valence-electron chi connectivity index (χ0n) is 6.40. The second kappa shape index (κ2) is 3.83. The van der Waals surface area contributed by atoms with Gasteiger partial charge in [0, 0.05) is 6.07 Å². The molecule has 72 valence electrons. The second-order valence-corrected chi connectivity index (χ2v) is 2.59. The van der Waals surface area contributed by atoms with Crippen LogP contribution in [0.4, 0.5) is 19.0 Å². The van der Waals surface area contributed by atoms with Gasteiger partial charge in [-0.1, -0.05) is 0 Å². The van der Waals surface area contributed by atoms with Crippen molar-refractivity contribution in [2.24, 2.45) is 0 Å². The second-order valence-electron chi connectivity index (χ2n) is 2.32. The van der Waals surface area contributed by atoms with E-state index in [1.807, 2.05) is 0 Å². The summed E-state index contributed by atoms with van der Waals surface area (Å²) in [6.45, 7) is 0. The Balaban J connectivity index is 3.30. The minimum atomic E-state index is -2.93. The summed E-state index contributed by atoms with van der Waals surface area (Å²) in [6.07, 6.45) is -2.93. The van der Waals surface area contributed by atoms with E-state index >= 15 is 0 Å². The molecule has 0 saturated heterocycles. The van der Waals surface area contributed by atoms with E-state index in [-0.39, 0.29) is 17.4 Å². The predicted molar refractivity (Wildman–Crippen MR) is 43.1 cm³/mol. The molecule has 0 spiro atoms. The number of hydrogen-bond donors (Lipinski definition) is 1. The molecule has 0 atom stereocenters. The Hall–Kier alpha value is -0.970. The SMILES string of the molecule is Nc1cc(F)c(C(F)F)c(CCl)n1. The third-order valence-corrected chi connectivity index (χ3v) is 1.70. The largest absolute Gasteiger partial charge is 0.384 e. The first-order chi connectivity index (χ1) is 6.06. The van der Waals surface area contributed by atoms with Crippen LogP contribution < -0.4 is 5.73 Å². The molecule has 1 aromatic rings. The van der Waals surface area contributed by atoms with Crippen LogP contribution in [-0.4, -0.2) is 4.98 Å². The van der Waals surface area contributed by atoms with Gasteiger partial charge in [0.05, 0.1) is 17.1 Å². The molecule has 1 heterocycles. The van der Waals surface area contributed by atoms with Gasteiger partial charge in [0.2, 0.25) is 0 Å². The number of anilines is 1. The minimum absolute atomic E-state index is 0.155. The number of nitrogens with two attached hydrogens (primary N) is 1. The van der Waals surface area contributed by atoms with Gasteiger partial charge in [0.1, 0.15) is 11.6 Å². The highest BCUT2D eigenvalue weighted by Crippen LogP contribution is 2.26. The van der Waals surface area contributed by atoms with Crippen LogP contribution in [0.2, 0.25) is 0 Å². The fourth-order valence-electron chi connectivity index (χ4n) is 0.926. The van der Waals surface area contributed by atoms with Crippen LogP contribution in [0.15, 0.2) is 6.07 Å². The van der Waals surface area contributed by atoms with Crippen LogP contribution in [0.5, 0.6) is 0 Å². The summed E-state index contributed by atoms with van der Waals surface area (Å²) in [5.74, 6) is -1.52. The van der Waals surface area contributed by atoms with E-state index in [4.69, 9.17) is 17.3 Å². The van der Waals surface area contributed by atoms with Gasteiger partial charge < -0.3 is 5.73 Å². The first-order valence-electron chi connectivity index (χ1n) is 3.35. The molecule has 0 aliphatic carbocycles. The molecule has 0 bridgehead atoms. The Morgan fingerprint density at radius 3 is 2.62 bits per heavy atom. The van der Waals surface area contributed by atoms with Gasteiger partial charge in [0.25, 0.3) is 6.43 Å². The molecule has 1 aromatic heterocycles. The van der Waals surface area contributed by atoms with Gasteiger partial charge in [0.15, 0.2) is 0 Å². The first-order valence-corrected chi connectivity index (χ1v) is 3.88. The smallest absolute Gasteiger partial charge is 0.268 e. The summed E-state index contributed by atoms with van der Waals surface area (Å²) >= 11 is 5.30. The average molecular weight is 211 g/mol. The van der Waals surface area contributed by atoms with Crippen LogP contribution >= 0.6 is 11.6 Å². The third-order valence-electron chi connectivity index (χ3n) is 1.45. The summed E-state index contributed by atoms with van der Waals surface area (Å²) < 4.78 is 37.3. The zero-order valence-corrected chi connectivity index (χ0v) is 7.15. The van der Waals surface area contributed by atoms with Crippen molar-refractivity contribution in [3.05, 3.63) is 23.1 Å². The van der Waals surface area contributed by atoms with Crippen molar-refractivity contribution in [3.8, 4) is 0 Å². The van der Waals surface area contributed by atoms with Gasteiger partial charge in [-0.2, -0.15) is 0 Å². The molecule has 0 aliphatic rings. The molecule has 0 amide bonds. The van der Waals surface area contributed by atoms with Crippen molar-refractivity contribution in [2.75, 3.05) is 5.73 Å².